The van der Waals surface area contributed by atoms with Crippen LogP contribution in [-0.2, 0) is 15.0 Å². The van der Waals surface area contributed by atoms with Gasteiger partial charge in [0.1, 0.15) is 0 Å². The lowest BCUT2D eigenvalue weighted by Crippen LogP contribution is -2.49. The van der Waals surface area contributed by atoms with Gasteiger partial charge < -0.3 is 4.90 Å². The van der Waals surface area contributed by atoms with Crippen molar-refractivity contribution in [1.82, 2.24) is 13.5 Å². The van der Waals surface area contributed by atoms with E-state index in [4.69, 9.17) is 0 Å². The van der Waals surface area contributed by atoms with Crippen LogP contribution in [0.5, 0.6) is 0 Å². The van der Waals surface area contributed by atoms with Gasteiger partial charge in [-0.05, 0) is 24.7 Å². The Morgan fingerprint density at radius 1 is 1.29 bits per heavy atom. The van der Waals surface area contributed by atoms with Crippen LogP contribution in [0.15, 0.2) is 0 Å². The number of hydrogen-bond donors (Lipinski definition) is 0. The molecular formula is C14H27N3O3S. The molecule has 2 rings (SSSR count). The molecule has 0 aromatic rings. The minimum atomic E-state index is -3.46. The second-order valence-electron chi connectivity index (χ2n) is 6.70. The Morgan fingerprint density at radius 2 is 1.90 bits per heavy atom. The Kier molecular flexibility index (Phi) is 4.95. The van der Waals surface area contributed by atoms with E-state index < -0.39 is 10.2 Å². The molecule has 1 saturated carbocycles. The van der Waals surface area contributed by atoms with E-state index >= 15 is 0 Å². The minimum absolute atomic E-state index is 0.0321. The first-order valence-electron chi connectivity index (χ1n) is 7.70. The summed E-state index contributed by atoms with van der Waals surface area (Å²) in [7, 11) is -0.389. The largest absolute Gasteiger partial charge is 0.338 e. The molecule has 21 heavy (non-hydrogen) atoms. The zero-order valence-electron chi connectivity index (χ0n) is 13.4. The zero-order valence-corrected chi connectivity index (χ0v) is 14.3. The monoisotopic (exact) mass is 317 g/mol. The van der Waals surface area contributed by atoms with Crippen LogP contribution in [0.4, 0.5) is 0 Å². The quantitative estimate of drug-likeness (QED) is 0.752. The van der Waals surface area contributed by atoms with E-state index in [1.807, 2.05) is 4.90 Å². The van der Waals surface area contributed by atoms with Crippen molar-refractivity contribution in [1.29, 1.82) is 0 Å². The van der Waals surface area contributed by atoms with Crippen molar-refractivity contribution in [3.63, 3.8) is 0 Å². The second-order valence-corrected chi connectivity index (χ2v) is 8.84. The molecule has 1 saturated heterocycles. The third-order valence-corrected chi connectivity index (χ3v) is 6.30. The van der Waals surface area contributed by atoms with E-state index in [1.165, 1.54) is 35.5 Å². The van der Waals surface area contributed by atoms with Crippen molar-refractivity contribution in [3.8, 4) is 0 Å². The maximum absolute atomic E-state index is 12.4. The van der Waals surface area contributed by atoms with Crippen molar-refractivity contribution in [2.24, 2.45) is 11.8 Å². The molecule has 0 aromatic carbocycles. The molecule has 122 valence electrons. The van der Waals surface area contributed by atoms with Gasteiger partial charge in [-0.15, -0.1) is 0 Å². The van der Waals surface area contributed by atoms with Crippen LogP contribution in [0.1, 0.15) is 33.1 Å². The van der Waals surface area contributed by atoms with Gasteiger partial charge in [-0.2, -0.15) is 17.0 Å². The number of nitrogens with zero attached hydrogens (tertiary/aromatic N) is 3. The van der Waals surface area contributed by atoms with Gasteiger partial charge in [0.15, 0.2) is 0 Å². The molecule has 6 nitrogen and oxygen atoms in total. The first kappa shape index (κ1) is 16.7. The number of hydrogen-bond acceptors (Lipinski definition) is 3. The van der Waals surface area contributed by atoms with E-state index in [0.717, 1.165) is 6.54 Å². The molecule has 7 heteroatoms. The summed E-state index contributed by atoms with van der Waals surface area (Å²) in [5.74, 6) is 0.954. The van der Waals surface area contributed by atoms with E-state index in [-0.39, 0.29) is 30.8 Å². The van der Waals surface area contributed by atoms with Crippen LogP contribution in [0, 0.1) is 11.8 Å². The topological polar surface area (TPSA) is 60.9 Å². The van der Waals surface area contributed by atoms with Gasteiger partial charge in [0.05, 0.1) is 0 Å². The lowest BCUT2D eigenvalue weighted by molar-refractivity contribution is -0.133. The first-order chi connectivity index (χ1) is 9.73. The molecule has 0 radical (unpaired) electrons. The summed E-state index contributed by atoms with van der Waals surface area (Å²) in [5.41, 5.74) is 0. The van der Waals surface area contributed by atoms with Crippen molar-refractivity contribution < 1.29 is 13.2 Å². The van der Waals surface area contributed by atoms with E-state index in [1.54, 1.807) is 0 Å². The number of rotatable bonds is 5. The van der Waals surface area contributed by atoms with E-state index in [0.29, 0.717) is 12.5 Å². The van der Waals surface area contributed by atoms with Crippen LogP contribution < -0.4 is 0 Å². The molecule has 2 fully saturated rings. The van der Waals surface area contributed by atoms with Crippen LogP contribution in [-0.4, -0.2) is 67.6 Å². The number of carbonyl (C=O) groups is 1. The van der Waals surface area contributed by atoms with Gasteiger partial charge >= 0.3 is 0 Å². The summed E-state index contributed by atoms with van der Waals surface area (Å²) in [6, 6.07) is -0.0321. The van der Waals surface area contributed by atoms with Crippen LogP contribution in [0.3, 0.4) is 0 Å². The highest BCUT2D eigenvalue weighted by Gasteiger charge is 2.38. The second kappa shape index (κ2) is 6.22. The highest BCUT2D eigenvalue weighted by Crippen LogP contribution is 2.32. The van der Waals surface area contributed by atoms with Gasteiger partial charge in [-0.3, -0.25) is 4.79 Å². The highest BCUT2D eigenvalue weighted by atomic mass is 32.2. The lowest BCUT2D eigenvalue weighted by Gasteiger charge is -2.35. The van der Waals surface area contributed by atoms with Gasteiger partial charge in [-0.25, -0.2) is 0 Å². The zero-order chi connectivity index (χ0) is 15.8. The molecule has 0 N–H and O–H groups in total. The molecule has 1 amide bonds. The standard InChI is InChI=1S/C14H27N3O3S/c1-11(2)13-10-16(21(19,20)15(3)4)8-7-14(18)17(13)9-12-5-6-12/h11-13H,5-10H2,1-4H3/t13-/m0/s1. The van der Waals surface area contributed by atoms with Crippen molar-refractivity contribution >= 4 is 16.1 Å². The molecule has 1 heterocycles. The Balaban J connectivity index is 2.22. The normalized spacial score (nSPS) is 25.7. The van der Waals surface area contributed by atoms with E-state index in [2.05, 4.69) is 13.8 Å². The average Bonchev–Trinajstić information content (AvgIpc) is 3.19. The fourth-order valence-electron chi connectivity index (χ4n) is 2.77. The molecule has 0 aromatic heterocycles. The first-order valence-corrected chi connectivity index (χ1v) is 9.10. The average molecular weight is 317 g/mol. The summed E-state index contributed by atoms with van der Waals surface area (Å²) in [4.78, 5) is 14.4. The van der Waals surface area contributed by atoms with Gasteiger partial charge in [0, 0.05) is 46.2 Å². The Bertz CT molecular complexity index is 486. The number of amides is 1. The molecule has 0 spiro atoms. The summed E-state index contributed by atoms with van der Waals surface area (Å²) >= 11 is 0. The smallest absolute Gasteiger partial charge is 0.281 e. The summed E-state index contributed by atoms with van der Waals surface area (Å²) < 4.78 is 27.4. The third kappa shape index (κ3) is 3.76. The number of carbonyl (C=O) groups excluding carboxylic acids is 1. The molecule has 0 unspecified atom stereocenters. The molecule has 1 aliphatic carbocycles. The lowest BCUT2D eigenvalue weighted by atomic mass is 10.0. The van der Waals surface area contributed by atoms with Gasteiger partial charge in [0.25, 0.3) is 10.2 Å². The van der Waals surface area contributed by atoms with Crippen molar-refractivity contribution in [2.45, 2.75) is 39.2 Å². The predicted octanol–water partition coefficient (Wildman–Crippen LogP) is 0.762. The summed E-state index contributed by atoms with van der Waals surface area (Å²) in [6.07, 6.45) is 2.66. The van der Waals surface area contributed by atoms with Gasteiger partial charge in [0.2, 0.25) is 5.91 Å². The van der Waals surface area contributed by atoms with Crippen LogP contribution in [0.25, 0.3) is 0 Å². The Hall–Kier alpha value is -0.660. The van der Waals surface area contributed by atoms with Crippen molar-refractivity contribution in [2.75, 3.05) is 33.7 Å². The van der Waals surface area contributed by atoms with Crippen LogP contribution >= 0.6 is 0 Å². The van der Waals surface area contributed by atoms with Gasteiger partial charge in [-0.1, -0.05) is 13.8 Å². The SMILES string of the molecule is CC(C)[C@@H]1CN(S(=O)(=O)N(C)C)CCC(=O)N1CC1CC1. The fraction of sp³-hybridized carbons (Fsp3) is 0.929. The fourth-order valence-corrected chi connectivity index (χ4v) is 3.90. The maximum atomic E-state index is 12.4. The maximum Gasteiger partial charge on any atom is 0.281 e. The third-order valence-electron chi connectivity index (χ3n) is 4.40. The summed E-state index contributed by atoms with van der Waals surface area (Å²) in [6.45, 7) is 5.59. The summed E-state index contributed by atoms with van der Waals surface area (Å²) in [5, 5.41) is 0. The highest BCUT2D eigenvalue weighted by molar-refractivity contribution is 7.86. The predicted molar refractivity (Wildman–Crippen MR) is 81.9 cm³/mol. The minimum Gasteiger partial charge on any atom is -0.338 e. The van der Waals surface area contributed by atoms with Crippen molar-refractivity contribution in [3.05, 3.63) is 0 Å². The molecular weight excluding hydrogens is 290 g/mol. The molecule has 1 aliphatic heterocycles. The molecule has 2 aliphatic rings. The Morgan fingerprint density at radius 3 is 2.38 bits per heavy atom. The van der Waals surface area contributed by atoms with Crippen LogP contribution in [0.2, 0.25) is 0 Å². The Labute approximate surface area is 128 Å². The molecule has 0 bridgehead atoms. The molecule has 1 atom stereocenters. The van der Waals surface area contributed by atoms with E-state index in [9.17, 15) is 13.2 Å².